The Morgan fingerprint density at radius 3 is 2.78 bits per heavy atom. The normalized spacial score (nSPS) is 20.3. The molecule has 1 amide bonds. The standard InChI is InChI=1S/C18H18N2OS2/c1-4-10-20-17(21)16(23-18(20)22)15-9-7-13-11-12(3)6-8-14(13)19(15)5-2/h4,6-9,11H,1,5,10H2,2-3H3. The molecule has 1 aromatic carbocycles. The zero-order valence-electron chi connectivity index (χ0n) is 13.2. The van der Waals surface area contributed by atoms with Gasteiger partial charge in [-0.1, -0.05) is 47.8 Å². The highest BCUT2D eigenvalue weighted by Crippen LogP contribution is 2.39. The quantitative estimate of drug-likeness (QED) is 0.469. The molecule has 0 aromatic heterocycles. The van der Waals surface area contributed by atoms with Gasteiger partial charge in [0.25, 0.3) is 5.91 Å². The summed E-state index contributed by atoms with van der Waals surface area (Å²) in [6, 6.07) is 6.37. The van der Waals surface area contributed by atoms with Crippen LogP contribution in [0.2, 0.25) is 0 Å². The van der Waals surface area contributed by atoms with Crippen LogP contribution in [0.3, 0.4) is 0 Å². The van der Waals surface area contributed by atoms with Crippen molar-refractivity contribution in [2.24, 2.45) is 0 Å². The fourth-order valence-corrected chi connectivity index (χ4v) is 4.15. The first-order valence-electron chi connectivity index (χ1n) is 7.52. The summed E-state index contributed by atoms with van der Waals surface area (Å²) in [4.78, 5) is 17.2. The van der Waals surface area contributed by atoms with Crippen LogP contribution < -0.4 is 4.90 Å². The van der Waals surface area contributed by atoms with Gasteiger partial charge in [-0.05, 0) is 37.6 Å². The molecule has 118 valence electrons. The third-order valence-corrected chi connectivity index (χ3v) is 5.35. The highest BCUT2D eigenvalue weighted by atomic mass is 32.2. The maximum Gasteiger partial charge on any atom is 0.268 e. The van der Waals surface area contributed by atoms with Crippen LogP contribution in [-0.2, 0) is 4.79 Å². The van der Waals surface area contributed by atoms with Gasteiger partial charge in [-0.3, -0.25) is 9.69 Å². The third kappa shape index (κ3) is 2.75. The predicted molar refractivity (Wildman–Crippen MR) is 102 cm³/mol. The lowest BCUT2D eigenvalue weighted by Gasteiger charge is -2.30. The van der Waals surface area contributed by atoms with Gasteiger partial charge in [0.05, 0.1) is 5.70 Å². The summed E-state index contributed by atoms with van der Waals surface area (Å²) < 4.78 is 0.594. The van der Waals surface area contributed by atoms with Gasteiger partial charge in [0.15, 0.2) is 0 Å². The van der Waals surface area contributed by atoms with E-state index in [-0.39, 0.29) is 5.91 Å². The molecule has 23 heavy (non-hydrogen) atoms. The second-order valence-electron chi connectivity index (χ2n) is 5.43. The summed E-state index contributed by atoms with van der Waals surface area (Å²) in [7, 11) is 0. The molecule has 3 rings (SSSR count). The number of amides is 1. The number of rotatable bonds is 3. The van der Waals surface area contributed by atoms with Crippen molar-refractivity contribution < 1.29 is 4.79 Å². The second-order valence-corrected chi connectivity index (χ2v) is 7.07. The van der Waals surface area contributed by atoms with E-state index in [0.717, 1.165) is 17.9 Å². The number of nitrogens with zero attached hydrogens (tertiary/aromatic N) is 2. The summed E-state index contributed by atoms with van der Waals surface area (Å²) in [6.07, 6.45) is 5.79. The van der Waals surface area contributed by atoms with E-state index in [4.69, 9.17) is 12.2 Å². The Kier molecular flexibility index (Phi) is 4.41. The third-order valence-electron chi connectivity index (χ3n) is 3.90. The molecule has 0 unspecified atom stereocenters. The molecular formula is C18H18N2OS2. The van der Waals surface area contributed by atoms with Gasteiger partial charge in [0, 0.05) is 18.8 Å². The number of thioether (sulfide) groups is 1. The molecule has 2 aliphatic heterocycles. The van der Waals surface area contributed by atoms with Crippen molar-refractivity contribution in [1.82, 2.24) is 4.90 Å². The topological polar surface area (TPSA) is 23.6 Å². The Bertz CT molecular complexity index is 764. The first-order chi connectivity index (χ1) is 11.1. The summed E-state index contributed by atoms with van der Waals surface area (Å²) in [6.45, 7) is 9.12. The van der Waals surface area contributed by atoms with Crippen LogP contribution in [0.5, 0.6) is 0 Å². The van der Waals surface area contributed by atoms with Crippen molar-refractivity contribution >= 4 is 46.0 Å². The molecule has 0 atom stereocenters. The molecule has 1 fully saturated rings. The molecule has 3 nitrogen and oxygen atoms in total. The zero-order chi connectivity index (χ0) is 16.6. The summed E-state index contributed by atoms with van der Waals surface area (Å²) in [5, 5.41) is 0. The predicted octanol–water partition coefficient (Wildman–Crippen LogP) is 4.11. The molecule has 2 aliphatic rings. The number of carbonyl (C=O) groups is 1. The van der Waals surface area contributed by atoms with Crippen LogP contribution in [0.1, 0.15) is 18.1 Å². The van der Waals surface area contributed by atoms with E-state index in [0.29, 0.717) is 15.8 Å². The number of hydrogen-bond acceptors (Lipinski definition) is 4. The lowest BCUT2D eigenvalue weighted by Crippen LogP contribution is -2.30. The van der Waals surface area contributed by atoms with Gasteiger partial charge in [-0.15, -0.1) is 6.58 Å². The number of aryl methyl sites for hydroxylation is 1. The minimum Gasteiger partial charge on any atom is -0.340 e. The first kappa shape index (κ1) is 16.0. The van der Waals surface area contributed by atoms with Crippen LogP contribution in [0.4, 0.5) is 5.69 Å². The molecule has 0 spiro atoms. The van der Waals surface area contributed by atoms with Crippen molar-refractivity contribution in [2.75, 3.05) is 18.0 Å². The van der Waals surface area contributed by atoms with Crippen molar-refractivity contribution in [2.45, 2.75) is 13.8 Å². The maximum absolute atomic E-state index is 12.7. The number of fused-ring (bicyclic) bond motifs is 1. The van der Waals surface area contributed by atoms with Gasteiger partial charge in [-0.25, -0.2) is 0 Å². The lowest BCUT2D eigenvalue weighted by molar-refractivity contribution is -0.121. The Morgan fingerprint density at radius 1 is 1.30 bits per heavy atom. The van der Waals surface area contributed by atoms with Gasteiger partial charge >= 0.3 is 0 Å². The van der Waals surface area contributed by atoms with E-state index in [2.05, 4.69) is 49.6 Å². The molecule has 0 bridgehead atoms. The number of likely N-dealkylation sites (N-methyl/N-ethyl adjacent to an activating group) is 1. The number of carbonyl (C=O) groups excluding carboxylic acids is 1. The fourth-order valence-electron chi connectivity index (χ4n) is 2.82. The molecule has 0 saturated carbocycles. The molecule has 1 saturated heterocycles. The Morgan fingerprint density at radius 2 is 2.09 bits per heavy atom. The van der Waals surface area contributed by atoms with E-state index in [1.165, 1.54) is 22.9 Å². The first-order valence-corrected chi connectivity index (χ1v) is 8.74. The van der Waals surface area contributed by atoms with Crippen molar-refractivity contribution in [3.63, 3.8) is 0 Å². The SMILES string of the molecule is C=CCN1C(=O)C(=C2C=Cc3cc(C)ccc3N2CC)SC1=S. The van der Waals surface area contributed by atoms with Crippen molar-refractivity contribution in [3.05, 3.63) is 58.7 Å². The molecule has 0 N–H and O–H groups in total. The van der Waals surface area contributed by atoms with E-state index in [1.54, 1.807) is 11.0 Å². The van der Waals surface area contributed by atoms with Crippen LogP contribution in [-0.4, -0.2) is 28.2 Å². The Hall–Kier alpha value is -1.85. The lowest BCUT2D eigenvalue weighted by atomic mass is 10.0. The van der Waals surface area contributed by atoms with E-state index in [1.807, 2.05) is 6.08 Å². The highest BCUT2D eigenvalue weighted by molar-refractivity contribution is 8.26. The van der Waals surface area contributed by atoms with E-state index in [9.17, 15) is 4.79 Å². The van der Waals surface area contributed by atoms with Crippen molar-refractivity contribution in [1.29, 1.82) is 0 Å². The highest BCUT2D eigenvalue weighted by Gasteiger charge is 2.35. The number of thiocarbonyl (C=S) groups is 1. The molecule has 5 heteroatoms. The summed E-state index contributed by atoms with van der Waals surface area (Å²) in [5.74, 6) is -0.0337. The van der Waals surface area contributed by atoms with Gasteiger partial charge in [0.1, 0.15) is 9.23 Å². The smallest absolute Gasteiger partial charge is 0.268 e. The van der Waals surface area contributed by atoms with Gasteiger partial charge in [-0.2, -0.15) is 0 Å². The average molecular weight is 342 g/mol. The fraction of sp³-hybridized carbons (Fsp3) is 0.222. The van der Waals surface area contributed by atoms with Gasteiger partial charge < -0.3 is 4.90 Å². The monoisotopic (exact) mass is 342 g/mol. The number of anilines is 1. The van der Waals surface area contributed by atoms with E-state index < -0.39 is 0 Å². The molecule has 0 radical (unpaired) electrons. The molecule has 0 aliphatic carbocycles. The van der Waals surface area contributed by atoms with Crippen molar-refractivity contribution in [3.8, 4) is 0 Å². The van der Waals surface area contributed by atoms with Crippen LogP contribution in [0, 0.1) is 6.92 Å². The summed E-state index contributed by atoms with van der Waals surface area (Å²) >= 11 is 6.71. The number of benzene rings is 1. The Labute approximate surface area is 146 Å². The van der Waals surface area contributed by atoms with Gasteiger partial charge in [0.2, 0.25) is 0 Å². The Balaban J connectivity index is 2.07. The van der Waals surface area contributed by atoms with Crippen LogP contribution >= 0.6 is 24.0 Å². The molecule has 1 aromatic rings. The molecular weight excluding hydrogens is 324 g/mol. The zero-order valence-corrected chi connectivity index (χ0v) is 14.8. The van der Waals surface area contributed by atoms with Crippen LogP contribution in [0.25, 0.3) is 6.08 Å². The maximum atomic E-state index is 12.7. The van der Waals surface area contributed by atoms with Crippen LogP contribution in [0.15, 0.2) is 47.5 Å². The average Bonchev–Trinajstić information content (AvgIpc) is 2.82. The minimum absolute atomic E-state index is 0.0337. The second kappa shape index (κ2) is 6.34. The largest absolute Gasteiger partial charge is 0.340 e. The summed E-state index contributed by atoms with van der Waals surface area (Å²) in [5.41, 5.74) is 4.46. The molecule has 2 heterocycles. The number of hydrogen-bond donors (Lipinski definition) is 0. The number of allylic oxidation sites excluding steroid dienone is 1. The minimum atomic E-state index is -0.0337. The van der Waals surface area contributed by atoms with E-state index >= 15 is 0 Å².